The highest BCUT2D eigenvalue weighted by Gasteiger charge is 2.23. The normalized spacial score (nSPS) is 11.5. The zero-order valence-electron chi connectivity index (χ0n) is 16.4. The van der Waals surface area contributed by atoms with Crippen LogP contribution in [0.2, 0.25) is 0 Å². The average Bonchev–Trinajstić information content (AvgIpc) is 3.10. The fraction of sp³-hybridized carbons (Fsp3) is 0.130. The Morgan fingerprint density at radius 3 is 2.57 bits per heavy atom. The van der Waals surface area contributed by atoms with E-state index < -0.39 is 9.84 Å². The molecule has 0 unspecified atom stereocenters. The van der Waals surface area contributed by atoms with E-state index in [9.17, 15) is 13.2 Å². The van der Waals surface area contributed by atoms with Crippen molar-refractivity contribution in [2.45, 2.75) is 24.1 Å². The van der Waals surface area contributed by atoms with Crippen LogP contribution in [0.3, 0.4) is 0 Å². The van der Waals surface area contributed by atoms with Crippen LogP contribution in [0.1, 0.15) is 11.1 Å². The molecule has 0 saturated heterocycles. The van der Waals surface area contributed by atoms with Crippen molar-refractivity contribution in [3.8, 4) is 0 Å². The summed E-state index contributed by atoms with van der Waals surface area (Å²) < 4.78 is 28.1. The minimum absolute atomic E-state index is 0.00467. The molecule has 2 aromatic heterocycles. The Balaban J connectivity index is 1.67. The second-order valence-corrected chi connectivity index (χ2v) is 9.07. The third-order valence-electron chi connectivity index (χ3n) is 4.95. The fourth-order valence-electron chi connectivity index (χ4n) is 3.44. The Hall–Kier alpha value is -3.45. The molecule has 0 aliphatic carbocycles. The molecule has 152 valence electrons. The third-order valence-corrected chi connectivity index (χ3v) is 6.64. The van der Waals surface area contributed by atoms with Crippen molar-refractivity contribution in [1.29, 1.82) is 0 Å². The summed E-state index contributed by atoms with van der Waals surface area (Å²) in [5.41, 5.74) is 2.98. The number of rotatable bonds is 6. The Labute approximate surface area is 175 Å². The fourth-order valence-corrected chi connectivity index (χ4v) is 5.12. The number of hydrogen-bond donors (Lipinski definition) is 1. The first-order valence-electron chi connectivity index (χ1n) is 9.49. The molecule has 0 aliphatic rings. The average molecular weight is 420 g/mol. The monoisotopic (exact) mass is 419 g/mol. The highest BCUT2D eigenvalue weighted by atomic mass is 32.2. The molecule has 0 radical (unpaired) electrons. The Morgan fingerprint density at radius 2 is 1.80 bits per heavy atom. The van der Waals surface area contributed by atoms with E-state index in [0.717, 1.165) is 11.1 Å². The largest absolute Gasteiger partial charge is 0.337 e. The topological polar surface area (TPSA) is 81.1 Å². The second-order valence-electron chi connectivity index (χ2n) is 7.11. The number of fused-ring (bicyclic) bond motifs is 1. The van der Waals surface area contributed by atoms with Gasteiger partial charge < -0.3 is 9.88 Å². The molecule has 0 atom stereocenters. The van der Waals surface area contributed by atoms with Gasteiger partial charge in [-0.2, -0.15) is 0 Å². The van der Waals surface area contributed by atoms with Crippen molar-refractivity contribution < 1.29 is 13.2 Å². The van der Waals surface area contributed by atoms with Crippen LogP contribution in [0.15, 0.2) is 84.1 Å². The summed E-state index contributed by atoms with van der Waals surface area (Å²) in [5, 5.41) is 3.39. The number of aromatic nitrogens is 2. The van der Waals surface area contributed by atoms with Gasteiger partial charge in [0.2, 0.25) is 5.91 Å². The lowest BCUT2D eigenvalue weighted by atomic mass is 10.1. The molecule has 7 heteroatoms. The first-order valence-corrected chi connectivity index (χ1v) is 11.1. The lowest BCUT2D eigenvalue weighted by Crippen LogP contribution is -2.18. The first kappa shape index (κ1) is 19.8. The van der Waals surface area contributed by atoms with E-state index in [0.29, 0.717) is 16.6 Å². The van der Waals surface area contributed by atoms with Crippen LogP contribution < -0.4 is 5.32 Å². The Kier molecular flexibility index (Phi) is 5.37. The van der Waals surface area contributed by atoms with E-state index in [4.69, 9.17) is 0 Å². The minimum atomic E-state index is -3.60. The van der Waals surface area contributed by atoms with Crippen molar-refractivity contribution in [1.82, 2.24) is 9.55 Å². The molecule has 0 saturated carbocycles. The number of sulfone groups is 1. The number of benzene rings is 2. The van der Waals surface area contributed by atoms with E-state index in [1.54, 1.807) is 47.4 Å². The standard InChI is InChI=1S/C23H21N3O3S/c1-17-7-2-3-8-18(17)16-30(28,29)22-14-26(21-11-5-4-10-20(21)22)15-23(27)25-19-9-6-12-24-13-19/h2-14H,15-16H2,1H3,(H,25,27). The van der Waals surface area contributed by atoms with Crippen LogP contribution in [0.5, 0.6) is 0 Å². The molecule has 4 aromatic rings. The number of carbonyl (C=O) groups is 1. The van der Waals surface area contributed by atoms with Crippen LogP contribution in [0.4, 0.5) is 5.69 Å². The van der Waals surface area contributed by atoms with Crippen LogP contribution in [0, 0.1) is 6.92 Å². The molecule has 1 amide bonds. The minimum Gasteiger partial charge on any atom is -0.337 e. The van der Waals surface area contributed by atoms with Crippen molar-refractivity contribution >= 4 is 32.3 Å². The number of pyridine rings is 1. The lowest BCUT2D eigenvalue weighted by Gasteiger charge is -2.07. The molecule has 2 aromatic carbocycles. The van der Waals surface area contributed by atoms with Gasteiger partial charge in [-0.1, -0.05) is 42.5 Å². The van der Waals surface area contributed by atoms with E-state index in [-0.39, 0.29) is 23.1 Å². The van der Waals surface area contributed by atoms with E-state index >= 15 is 0 Å². The quantitative estimate of drug-likeness (QED) is 0.513. The Bertz CT molecular complexity index is 1310. The summed E-state index contributed by atoms with van der Waals surface area (Å²) in [6.45, 7) is 1.90. The maximum atomic E-state index is 13.2. The van der Waals surface area contributed by atoms with Crippen molar-refractivity contribution in [3.63, 3.8) is 0 Å². The molecular formula is C23H21N3O3S. The second kappa shape index (κ2) is 8.12. The van der Waals surface area contributed by atoms with Crippen molar-refractivity contribution in [2.24, 2.45) is 0 Å². The molecule has 2 heterocycles. The lowest BCUT2D eigenvalue weighted by molar-refractivity contribution is -0.116. The highest BCUT2D eigenvalue weighted by Crippen LogP contribution is 2.28. The molecule has 0 aliphatic heterocycles. The van der Waals surface area contributed by atoms with Gasteiger partial charge in [0, 0.05) is 23.3 Å². The van der Waals surface area contributed by atoms with Crippen molar-refractivity contribution in [2.75, 3.05) is 5.32 Å². The number of nitrogens with one attached hydrogen (secondary N) is 1. The molecule has 0 bridgehead atoms. The van der Waals surface area contributed by atoms with Gasteiger partial charge in [0.25, 0.3) is 0 Å². The third kappa shape index (κ3) is 4.11. The predicted octanol–water partition coefficient (Wildman–Crippen LogP) is 3.96. The summed E-state index contributed by atoms with van der Waals surface area (Å²) in [5.74, 6) is -0.346. The van der Waals surface area contributed by atoms with Gasteiger partial charge in [0.1, 0.15) is 6.54 Å². The summed E-state index contributed by atoms with van der Waals surface area (Å²) in [4.78, 5) is 16.7. The van der Waals surface area contributed by atoms with Crippen LogP contribution >= 0.6 is 0 Å². The van der Waals surface area contributed by atoms with Gasteiger partial charge in [-0.15, -0.1) is 0 Å². The molecule has 6 nitrogen and oxygen atoms in total. The number of hydrogen-bond acceptors (Lipinski definition) is 4. The number of amides is 1. The summed E-state index contributed by atoms with van der Waals surface area (Å²) in [6.07, 6.45) is 4.74. The number of anilines is 1. The zero-order valence-corrected chi connectivity index (χ0v) is 17.3. The van der Waals surface area contributed by atoms with E-state index in [1.807, 2.05) is 43.3 Å². The summed E-state index contributed by atoms with van der Waals surface area (Å²) in [6, 6.07) is 18.2. The zero-order chi connectivity index (χ0) is 21.1. The number of aryl methyl sites for hydroxylation is 1. The molecule has 1 N–H and O–H groups in total. The van der Waals surface area contributed by atoms with E-state index in [1.165, 1.54) is 0 Å². The smallest absolute Gasteiger partial charge is 0.244 e. The molecule has 30 heavy (non-hydrogen) atoms. The molecule has 4 rings (SSSR count). The highest BCUT2D eigenvalue weighted by molar-refractivity contribution is 7.90. The number of nitrogens with zero attached hydrogens (tertiary/aromatic N) is 2. The van der Waals surface area contributed by atoms with Gasteiger partial charge >= 0.3 is 0 Å². The van der Waals surface area contributed by atoms with Gasteiger partial charge in [-0.05, 0) is 36.2 Å². The van der Waals surface area contributed by atoms with E-state index in [2.05, 4.69) is 10.3 Å². The number of para-hydroxylation sites is 1. The Morgan fingerprint density at radius 1 is 1.03 bits per heavy atom. The molecule has 0 spiro atoms. The van der Waals surface area contributed by atoms with Gasteiger partial charge in [-0.3, -0.25) is 9.78 Å². The summed E-state index contributed by atoms with van der Waals surface area (Å²) in [7, 11) is -3.60. The maximum Gasteiger partial charge on any atom is 0.244 e. The van der Waals surface area contributed by atoms with Gasteiger partial charge in [-0.25, -0.2) is 8.42 Å². The van der Waals surface area contributed by atoms with Crippen molar-refractivity contribution in [3.05, 3.63) is 90.4 Å². The van der Waals surface area contributed by atoms with Crippen LogP contribution in [-0.4, -0.2) is 23.9 Å². The molecular weight excluding hydrogens is 398 g/mol. The number of carbonyl (C=O) groups excluding carboxylic acids is 1. The van der Waals surface area contributed by atoms with Gasteiger partial charge in [0.05, 0.1) is 22.5 Å². The van der Waals surface area contributed by atoms with Gasteiger partial charge in [0.15, 0.2) is 9.84 Å². The first-order chi connectivity index (χ1) is 14.4. The van der Waals surface area contributed by atoms with Crippen LogP contribution in [0.25, 0.3) is 10.9 Å². The maximum absolute atomic E-state index is 13.2. The molecule has 0 fully saturated rings. The SMILES string of the molecule is Cc1ccccc1CS(=O)(=O)c1cn(CC(=O)Nc2cccnc2)c2ccccc12. The van der Waals surface area contributed by atoms with Crippen LogP contribution in [-0.2, 0) is 26.9 Å². The summed E-state index contributed by atoms with van der Waals surface area (Å²) >= 11 is 0. The predicted molar refractivity (Wildman–Crippen MR) is 117 cm³/mol.